The fourth-order valence-electron chi connectivity index (χ4n) is 2.38. The van der Waals surface area contributed by atoms with Crippen molar-refractivity contribution in [1.82, 2.24) is 5.32 Å². The Labute approximate surface area is 91.6 Å². The number of non-ortho nitro benzene ring substituents is 1. The van der Waals surface area contributed by atoms with Gasteiger partial charge in [-0.25, -0.2) is 0 Å². The zero-order valence-electron chi connectivity index (χ0n) is 8.53. The largest absolute Gasteiger partial charge is 0.346 e. The molecule has 2 aliphatic rings. The average Bonchev–Trinajstić information content (AvgIpc) is 2.97. The van der Waals surface area contributed by atoms with Crippen molar-refractivity contribution in [2.75, 3.05) is 0 Å². The molecule has 0 radical (unpaired) electrons. The highest BCUT2D eigenvalue weighted by atomic mass is 16.6. The van der Waals surface area contributed by atoms with E-state index in [-0.39, 0.29) is 23.6 Å². The van der Waals surface area contributed by atoms with Crippen molar-refractivity contribution in [3.63, 3.8) is 0 Å². The second-order valence-corrected chi connectivity index (χ2v) is 4.41. The Hall–Kier alpha value is -1.91. The molecule has 1 N–H and O–H groups in total. The summed E-state index contributed by atoms with van der Waals surface area (Å²) in [7, 11) is 0. The van der Waals surface area contributed by atoms with Gasteiger partial charge in [-0.05, 0) is 30.0 Å². The van der Waals surface area contributed by atoms with Crippen LogP contribution < -0.4 is 5.32 Å². The molecular weight excluding hydrogens is 208 g/mol. The molecule has 1 spiro atoms. The van der Waals surface area contributed by atoms with Crippen LogP contribution in [-0.2, 0) is 16.8 Å². The van der Waals surface area contributed by atoms with E-state index in [1.165, 1.54) is 12.1 Å². The summed E-state index contributed by atoms with van der Waals surface area (Å²) in [5.74, 6) is -0.0366. The molecule has 1 aliphatic heterocycles. The number of hydrogen-bond acceptors (Lipinski definition) is 3. The third-order valence-corrected chi connectivity index (χ3v) is 3.29. The number of benzene rings is 1. The van der Waals surface area contributed by atoms with Crippen molar-refractivity contribution in [2.45, 2.75) is 24.8 Å². The standard InChI is InChI=1S/C11H10N2O3/c14-10-6-7-5-8(13(15)16)1-2-9(7)11(12-10)3-4-11/h1-2,5H,3-4,6H2,(H,12,14). The van der Waals surface area contributed by atoms with Crippen LogP contribution in [0.25, 0.3) is 0 Å². The van der Waals surface area contributed by atoms with E-state index in [4.69, 9.17) is 0 Å². The van der Waals surface area contributed by atoms with Crippen LogP contribution in [0.1, 0.15) is 24.0 Å². The summed E-state index contributed by atoms with van der Waals surface area (Å²) in [6.45, 7) is 0. The van der Waals surface area contributed by atoms with Gasteiger partial charge in [0.1, 0.15) is 0 Å². The van der Waals surface area contributed by atoms with Crippen molar-refractivity contribution < 1.29 is 9.72 Å². The van der Waals surface area contributed by atoms with Gasteiger partial charge in [0.15, 0.2) is 0 Å². The van der Waals surface area contributed by atoms with E-state index in [0.29, 0.717) is 0 Å². The molecule has 5 heteroatoms. The highest BCUT2D eigenvalue weighted by Crippen LogP contribution is 2.49. The van der Waals surface area contributed by atoms with Gasteiger partial charge in [-0.1, -0.05) is 0 Å². The van der Waals surface area contributed by atoms with Gasteiger partial charge in [-0.15, -0.1) is 0 Å². The molecular formula is C11H10N2O3. The molecule has 0 bridgehead atoms. The maximum absolute atomic E-state index is 11.5. The van der Waals surface area contributed by atoms with Gasteiger partial charge in [0.05, 0.1) is 16.9 Å². The molecule has 0 saturated heterocycles. The van der Waals surface area contributed by atoms with Crippen LogP contribution in [0.4, 0.5) is 5.69 Å². The third kappa shape index (κ3) is 1.21. The lowest BCUT2D eigenvalue weighted by atomic mass is 9.91. The maximum Gasteiger partial charge on any atom is 0.269 e. The van der Waals surface area contributed by atoms with E-state index in [1.807, 2.05) is 0 Å². The topological polar surface area (TPSA) is 72.2 Å². The van der Waals surface area contributed by atoms with Gasteiger partial charge in [0, 0.05) is 12.1 Å². The number of nitrogens with zero attached hydrogens (tertiary/aromatic N) is 1. The quantitative estimate of drug-likeness (QED) is 0.569. The number of amides is 1. The van der Waals surface area contributed by atoms with Crippen molar-refractivity contribution in [3.8, 4) is 0 Å². The predicted molar refractivity (Wildman–Crippen MR) is 55.9 cm³/mol. The summed E-state index contributed by atoms with van der Waals surface area (Å²) in [6, 6.07) is 4.81. The van der Waals surface area contributed by atoms with E-state index < -0.39 is 4.92 Å². The summed E-state index contributed by atoms with van der Waals surface area (Å²) in [5.41, 5.74) is 1.71. The molecule has 1 aromatic carbocycles. The molecule has 1 aromatic rings. The second-order valence-electron chi connectivity index (χ2n) is 4.41. The summed E-state index contributed by atoms with van der Waals surface area (Å²) < 4.78 is 0. The Kier molecular flexibility index (Phi) is 1.64. The van der Waals surface area contributed by atoms with E-state index in [1.54, 1.807) is 6.07 Å². The first-order valence-electron chi connectivity index (χ1n) is 5.20. The minimum atomic E-state index is -0.424. The number of nitro groups is 1. The first-order valence-corrected chi connectivity index (χ1v) is 5.20. The second kappa shape index (κ2) is 2.81. The number of carbonyl (C=O) groups excluding carboxylic acids is 1. The predicted octanol–water partition coefficient (Wildman–Crippen LogP) is 1.26. The first kappa shape index (κ1) is 9.33. The number of carbonyl (C=O) groups is 1. The lowest BCUT2D eigenvalue weighted by Crippen LogP contribution is -2.41. The minimum absolute atomic E-state index is 0.0366. The molecule has 1 heterocycles. The van der Waals surface area contributed by atoms with Gasteiger partial charge in [-0.2, -0.15) is 0 Å². The van der Waals surface area contributed by atoms with Gasteiger partial charge in [0.2, 0.25) is 5.91 Å². The molecule has 1 fully saturated rings. The van der Waals surface area contributed by atoms with E-state index in [0.717, 1.165) is 24.0 Å². The molecule has 16 heavy (non-hydrogen) atoms. The molecule has 0 aromatic heterocycles. The van der Waals surface area contributed by atoms with E-state index >= 15 is 0 Å². The van der Waals surface area contributed by atoms with E-state index in [9.17, 15) is 14.9 Å². The summed E-state index contributed by atoms with van der Waals surface area (Å²) in [5, 5.41) is 13.6. The maximum atomic E-state index is 11.5. The molecule has 5 nitrogen and oxygen atoms in total. The minimum Gasteiger partial charge on any atom is -0.346 e. The molecule has 1 aliphatic carbocycles. The first-order chi connectivity index (χ1) is 7.61. The van der Waals surface area contributed by atoms with Gasteiger partial charge >= 0.3 is 0 Å². The Morgan fingerprint density at radius 1 is 1.38 bits per heavy atom. The van der Waals surface area contributed by atoms with E-state index in [2.05, 4.69) is 5.32 Å². The molecule has 0 unspecified atom stereocenters. The highest BCUT2D eigenvalue weighted by molar-refractivity contribution is 5.83. The van der Waals surface area contributed by atoms with Gasteiger partial charge < -0.3 is 5.32 Å². The van der Waals surface area contributed by atoms with Crippen molar-refractivity contribution in [1.29, 1.82) is 0 Å². The monoisotopic (exact) mass is 218 g/mol. The molecule has 0 atom stereocenters. The Balaban J connectivity index is 2.12. The summed E-state index contributed by atoms with van der Waals surface area (Å²) in [4.78, 5) is 21.7. The van der Waals surface area contributed by atoms with Crippen LogP contribution in [0, 0.1) is 10.1 Å². The fraction of sp³-hybridized carbons (Fsp3) is 0.364. The zero-order valence-corrected chi connectivity index (χ0v) is 8.53. The SMILES string of the molecule is O=C1Cc2cc([N+](=O)[O-])ccc2C2(CC2)N1. The number of nitrogens with one attached hydrogen (secondary N) is 1. The Bertz CT molecular complexity index is 506. The van der Waals surface area contributed by atoms with Crippen LogP contribution >= 0.6 is 0 Å². The highest BCUT2D eigenvalue weighted by Gasteiger charge is 2.49. The van der Waals surface area contributed by atoms with Crippen molar-refractivity contribution in [2.24, 2.45) is 0 Å². The fourth-order valence-corrected chi connectivity index (χ4v) is 2.38. The lowest BCUT2D eigenvalue weighted by molar-refractivity contribution is -0.384. The summed E-state index contributed by atoms with van der Waals surface area (Å²) >= 11 is 0. The van der Waals surface area contributed by atoms with Crippen LogP contribution in [-0.4, -0.2) is 10.8 Å². The van der Waals surface area contributed by atoms with Crippen molar-refractivity contribution >= 4 is 11.6 Å². The molecule has 82 valence electrons. The van der Waals surface area contributed by atoms with Crippen LogP contribution in [0.2, 0.25) is 0 Å². The number of fused-ring (bicyclic) bond motifs is 2. The van der Waals surface area contributed by atoms with Gasteiger partial charge in [-0.3, -0.25) is 14.9 Å². The normalized spacial score (nSPS) is 20.1. The Morgan fingerprint density at radius 2 is 2.12 bits per heavy atom. The number of hydrogen-bond donors (Lipinski definition) is 1. The molecule has 3 rings (SSSR count). The van der Waals surface area contributed by atoms with Crippen molar-refractivity contribution in [3.05, 3.63) is 39.4 Å². The van der Waals surface area contributed by atoms with Crippen LogP contribution in [0.5, 0.6) is 0 Å². The number of rotatable bonds is 1. The lowest BCUT2D eigenvalue weighted by Gasteiger charge is -2.26. The van der Waals surface area contributed by atoms with Gasteiger partial charge in [0.25, 0.3) is 5.69 Å². The van der Waals surface area contributed by atoms with Crippen LogP contribution in [0.15, 0.2) is 18.2 Å². The smallest absolute Gasteiger partial charge is 0.269 e. The molecule has 1 amide bonds. The Morgan fingerprint density at radius 3 is 2.75 bits per heavy atom. The summed E-state index contributed by atoms with van der Waals surface area (Å²) in [6.07, 6.45) is 2.12. The molecule has 1 saturated carbocycles. The third-order valence-electron chi connectivity index (χ3n) is 3.29. The zero-order chi connectivity index (χ0) is 11.3. The number of nitro benzene ring substituents is 1. The average molecular weight is 218 g/mol. The van der Waals surface area contributed by atoms with Crippen LogP contribution in [0.3, 0.4) is 0 Å².